The van der Waals surface area contributed by atoms with Crippen molar-refractivity contribution in [3.05, 3.63) is 34.9 Å². The van der Waals surface area contributed by atoms with Crippen molar-refractivity contribution in [3.63, 3.8) is 0 Å². The topological polar surface area (TPSA) is 36.4 Å². The number of benzene rings is 1. The van der Waals surface area contributed by atoms with E-state index in [0.29, 0.717) is 0 Å². The van der Waals surface area contributed by atoms with Gasteiger partial charge in [-0.1, -0.05) is 23.8 Å². The average molecular weight is 219 g/mol. The van der Waals surface area contributed by atoms with Gasteiger partial charge in [0.25, 0.3) is 0 Å². The summed E-state index contributed by atoms with van der Waals surface area (Å²) in [7, 11) is 3.64. The first-order valence-electron chi connectivity index (χ1n) is 5.62. The van der Waals surface area contributed by atoms with Crippen LogP contribution in [-0.2, 0) is 6.42 Å². The highest BCUT2D eigenvalue weighted by Gasteiger charge is 1.99. The molecule has 0 aromatic heterocycles. The fraction of sp³-hybridized carbons (Fsp3) is 0.462. The number of hydrogen-bond donors (Lipinski definition) is 2. The Morgan fingerprint density at radius 2 is 2.06 bits per heavy atom. The van der Waals surface area contributed by atoms with E-state index < -0.39 is 0 Å². The predicted molar refractivity (Wildman–Crippen MR) is 70.0 cm³/mol. The van der Waals surface area contributed by atoms with E-state index in [1.54, 1.807) is 7.05 Å². The van der Waals surface area contributed by atoms with E-state index in [2.05, 4.69) is 47.7 Å². The number of aliphatic imine (C=N–C) groups is 1. The molecule has 0 aliphatic rings. The molecule has 0 atom stereocenters. The minimum absolute atomic E-state index is 0.838. The van der Waals surface area contributed by atoms with E-state index in [-0.39, 0.29) is 0 Å². The van der Waals surface area contributed by atoms with Gasteiger partial charge in [-0.25, -0.2) is 0 Å². The summed E-state index contributed by atoms with van der Waals surface area (Å²) in [6.45, 7) is 5.19. The molecule has 88 valence electrons. The zero-order valence-corrected chi connectivity index (χ0v) is 10.6. The third-order valence-corrected chi connectivity index (χ3v) is 2.65. The third-order valence-electron chi connectivity index (χ3n) is 2.65. The molecule has 0 radical (unpaired) electrons. The van der Waals surface area contributed by atoms with E-state index in [1.165, 1.54) is 16.7 Å². The molecule has 1 aromatic carbocycles. The molecule has 0 saturated heterocycles. The number of hydrogen-bond acceptors (Lipinski definition) is 1. The summed E-state index contributed by atoms with van der Waals surface area (Å²) in [4.78, 5) is 4.07. The lowest BCUT2D eigenvalue weighted by atomic mass is 10.0. The average Bonchev–Trinajstić information content (AvgIpc) is 2.27. The van der Waals surface area contributed by atoms with Crippen LogP contribution in [0.5, 0.6) is 0 Å². The van der Waals surface area contributed by atoms with Crippen molar-refractivity contribution in [1.82, 2.24) is 10.6 Å². The van der Waals surface area contributed by atoms with Crippen molar-refractivity contribution < 1.29 is 0 Å². The van der Waals surface area contributed by atoms with Crippen LogP contribution in [0, 0.1) is 13.8 Å². The molecule has 0 amide bonds. The highest BCUT2D eigenvalue weighted by Crippen LogP contribution is 2.10. The Kier molecular flexibility index (Phi) is 4.83. The maximum atomic E-state index is 4.07. The van der Waals surface area contributed by atoms with Gasteiger partial charge in [0, 0.05) is 20.6 Å². The van der Waals surface area contributed by atoms with Crippen molar-refractivity contribution in [2.24, 2.45) is 4.99 Å². The fourth-order valence-corrected chi connectivity index (χ4v) is 1.72. The summed E-state index contributed by atoms with van der Waals surface area (Å²) in [5.41, 5.74) is 4.08. The maximum absolute atomic E-state index is 4.07. The molecule has 0 fully saturated rings. The second kappa shape index (κ2) is 6.16. The predicted octanol–water partition coefficient (Wildman–Crippen LogP) is 1.64. The maximum Gasteiger partial charge on any atom is 0.190 e. The van der Waals surface area contributed by atoms with Gasteiger partial charge in [0.2, 0.25) is 0 Å². The lowest BCUT2D eigenvalue weighted by Crippen LogP contribution is -2.35. The number of nitrogens with one attached hydrogen (secondary N) is 2. The first kappa shape index (κ1) is 12.6. The second-order valence-corrected chi connectivity index (χ2v) is 3.93. The van der Waals surface area contributed by atoms with E-state index in [4.69, 9.17) is 0 Å². The Balaban J connectivity index is 2.49. The molecule has 0 saturated carbocycles. The molecule has 1 aromatic rings. The molecule has 1 rings (SSSR count). The van der Waals surface area contributed by atoms with Crippen LogP contribution in [0.15, 0.2) is 23.2 Å². The molecule has 0 aliphatic carbocycles. The summed E-state index contributed by atoms with van der Waals surface area (Å²) in [5, 5.41) is 6.25. The van der Waals surface area contributed by atoms with Crippen LogP contribution in [-0.4, -0.2) is 26.6 Å². The van der Waals surface area contributed by atoms with Crippen LogP contribution in [0.1, 0.15) is 16.7 Å². The molecule has 0 heterocycles. The van der Waals surface area contributed by atoms with Gasteiger partial charge in [-0.05, 0) is 31.4 Å². The van der Waals surface area contributed by atoms with Gasteiger partial charge in [0.1, 0.15) is 0 Å². The Morgan fingerprint density at radius 3 is 2.62 bits per heavy atom. The van der Waals surface area contributed by atoms with Crippen LogP contribution in [0.3, 0.4) is 0 Å². The van der Waals surface area contributed by atoms with Gasteiger partial charge in [0.15, 0.2) is 5.96 Å². The summed E-state index contributed by atoms with van der Waals surface area (Å²) in [6.07, 6.45) is 1.02. The summed E-state index contributed by atoms with van der Waals surface area (Å²) >= 11 is 0. The highest BCUT2D eigenvalue weighted by molar-refractivity contribution is 5.79. The minimum atomic E-state index is 0.838. The molecular weight excluding hydrogens is 198 g/mol. The molecule has 0 unspecified atom stereocenters. The molecule has 0 spiro atoms. The van der Waals surface area contributed by atoms with E-state index in [9.17, 15) is 0 Å². The minimum Gasteiger partial charge on any atom is -0.359 e. The zero-order valence-electron chi connectivity index (χ0n) is 10.6. The second-order valence-electron chi connectivity index (χ2n) is 3.93. The molecule has 0 bridgehead atoms. The molecule has 3 nitrogen and oxygen atoms in total. The Hall–Kier alpha value is -1.51. The van der Waals surface area contributed by atoms with Crippen LogP contribution in [0.4, 0.5) is 0 Å². The first-order valence-corrected chi connectivity index (χ1v) is 5.62. The number of nitrogens with zero attached hydrogens (tertiary/aromatic N) is 1. The molecule has 2 N–H and O–H groups in total. The standard InChI is InChI=1S/C13H21N3/c1-10-5-6-12(11(2)9-10)7-8-16-13(14-3)15-4/h5-6,9H,7-8H2,1-4H3,(H2,14,15,16). The van der Waals surface area contributed by atoms with Crippen LogP contribution in [0.25, 0.3) is 0 Å². The number of rotatable bonds is 3. The van der Waals surface area contributed by atoms with Crippen molar-refractivity contribution in [2.45, 2.75) is 20.3 Å². The van der Waals surface area contributed by atoms with Crippen molar-refractivity contribution in [3.8, 4) is 0 Å². The smallest absolute Gasteiger partial charge is 0.190 e. The van der Waals surface area contributed by atoms with Crippen molar-refractivity contribution in [1.29, 1.82) is 0 Å². The molecule has 0 aliphatic heterocycles. The van der Waals surface area contributed by atoms with Crippen molar-refractivity contribution >= 4 is 5.96 Å². The van der Waals surface area contributed by atoms with Gasteiger partial charge in [-0.3, -0.25) is 4.99 Å². The normalized spacial score (nSPS) is 11.4. The highest BCUT2D eigenvalue weighted by atomic mass is 15.1. The first-order chi connectivity index (χ1) is 7.67. The summed E-state index contributed by atoms with van der Waals surface area (Å²) in [6, 6.07) is 6.59. The van der Waals surface area contributed by atoms with Gasteiger partial charge < -0.3 is 10.6 Å². The van der Waals surface area contributed by atoms with Gasteiger partial charge in [0.05, 0.1) is 0 Å². The molecular formula is C13H21N3. The van der Waals surface area contributed by atoms with Crippen molar-refractivity contribution in [2.75, 3.05) is 20.6 Å². The van der Waals surface area contributed by atoms with Crippen LogP contribution < -0.4 is 10.6 Å². The lowest BCUT2D eigenvalue weighted by Gasteiger charge is -2.10. The molecule has 16 heavy (non-hydrogen) atoms. The largest absolute Gasteiger partial charge is 0.359 e. The van der Waals surface area contributed by atoms with E-state index in [0.717, 1.165) is 18.9 Å². The Bertz CT molecular complexity index is 369. The van der Waals surface area contributed by atoms with Gasteiger partial charge in [-0.15, -0.1) is 0 Å². The zero-order chi connectivity index (χ0) is 12.0. The number of aryl methyl sites for hydroxylation is 2. The lowest BCUT2D eigenvalue weighted by molar-refractivity contribution is 0.830. The monoisotopic (exact) mass is 219 g/mol. The van der Waals surface area contributed by atoms with Crippen LogP contribution >= 0.6 is 0 Å². The van der Waals surface area contributed by atoms with Crippen LogP contribution in [0.2, 0.25) is 0 Å². The summed E-state index contributed by atoms with van der Waals surface area (Å²) < 4.78 is 0. The number of guanidine groups is 1. The SMILES string of the molecule is CN=C(NC)NCCc1ccc(C)cc1C. The molecule has 3 heteroatoms. The van der Waals surface area contributed by atoms with E-state index >= 15 is 0 Å². The van der Waals surface area contributed by atoms with E-state index in [1.807, 2.05) is 7.05 Å². The Morgan fingerprint density at radius 1 is 1.31 bits per heavy atom. The third kappa shape index (κ3) is 3.57. The summed E-state index contributed by atoms with van der Waals surface area (Å²) in [5.74, 6) is 0.838. The Labute approximate surface area is 98.0 Å². The van der Waals surface area contributed by atoms with Gasteiger partial charge in [-0.2, -0.15) is 0 Å². The quantitative estimate of drug-likeness (QED) is 0.599. The van der Waals surface area contributed by atoms with Gasteiger partial charge >= 0.3 is 0 Å². The fourth-order valence-electron chi connectivity index (χ4n) is 1.72.